The van der Waals surface area contributed by atoms with Gasteiger partial charge in [0.2, 0.25) is 5.88 Å². The second-order valence-corrected chi connectivity index (χ2v) is 5.81. The summed E-state index contributed by atoms with van der Waals surface area (Å²) in [5.41, 5.74) is 4.14. The van der Waals surface area contributed by atoms with Crippen molar-refractivity contribution in [2.75, 3.05) is 0 Å². The summed E-state index contributed by atoms with van der Waals surface area (Å²) in [6, 6.07) is 6.64. The lowest BCUT2D eigenvalue weighted by Crippen LogP contribution is -2.28. The molecule has 0 fully saturated rings. The topological polar surface area (TPSA) is 91.8 Å². The maximum absolute atomic E-state index is 12.4. The van der Waals surface area contributed by atoms with Gasteiger partial charge in [0.25, 0.3) is 5.56 Å². The van der Waals surface area contributed by atoms with E-state index in [0.717, 1.165) is 5.56 Å². The minimum absolute atomic E-state index is 0.122. The Morgan fingerprint density at radius 2 is 1.87 bits per heavy atom. The molecule has 23 heavy (non-hydrogen) atoms. The van der Waals surface area contributed by atoms with Gasteiger partial charge in [0.15, 0.2) is 4.77 Å². The Morgan fingerprint density at radius 3 is 2.52 bits per heavy atom. The molecule has 7 nitrogen and oxygen atoms in total. The number of phenolic OH excluding ortho intramolecular Hbond substituents is 1. The van der Waals surface area contributed by atoms with Crippen molar-refractivity contribution in [3.05, 3.63) is 50.5 Å². The van der Waals surface area contributed by atoms with Crippen molar-refractivity contribution in [2.45, 2.75) is 12.5 Å². The number of aromatic hydroxyl groups is 2. The van der Waals surface area contributed by atoms with Crippen LogP contribution in [0.5, 0.6) is 11.6 Å². The molecule has 3 N–H and O–H groups in total. The Labute approximate surface area is 137 Å². The van der Waals surface area contributed by atoms with Crippen LogP contribution in [0.3, 0.4) is 0 Å². The van der Waals surface area contributed by atoms with Crippen molar-refractivity contribution in [1.29, 1.82) is 0 Å². The van der Waals surface area contributed by atoms with E-state index in [2.05, 4.69) is 10.5 Å². The van der Waals surface area contributed by atoms with Gasteiger partial charge in [-0.2, -0.15) is 5.10 Å². The van der Waals surface area contributed by atoms with Crippen LogP contribution in [0.1, 0.15) is 23.6 Å². The number of nitrogens with one attached hydrogen (secondary N) is 1. The molecule has 0 radical (unpaired) electrons. The summed E-state index contributed by atoms with van der Waals surface area (Å²) in [5.74, 6) is -0.00234. The summed E-state index contributed by atoms with van der Waals surface area (Å²) in [4.78, 5) is 12.4. The maximum Gasteiger partial charge on any atom is 0.267 e. The van der Waals surface area contributed by atoms with Crippen LogP contribution < -0.4 is 11.0 Å². The lowest BCUT2D eigenvalue weighted by Gasteiger charge is -2.12. The van der Waals surface area contributed by atoms with Crippen LogP contribution in [-0.4, -0.2) is 25.1 Å². The fraction of sp³-hybridized carbons (Fsp3) is 0.267. The first-order valence-electron chi connectivity index (χ1n) is 7.00. The average Bonchev–Trinajstić information content (AvgIpc) is 3.01. The quantitative estimate of drug-likeness (QED) is 0.721. The van der Waals surface area contributed by atoms with E-state index in [1.165, 1.54) is 9.13 Å². The SMILES string of the molecule is Cn1c(O)c(C2=NN[C@@H](c3ccc(O)cc3)C2)c(=O)n(C)c1=S. The fourth-order valence-electron chi connectivity index (χ4n) is 2.58. The molecule has 1 aliphatic heterocycles. The molecule has 0 saturated heterocycles. The second-order valence-electron chi connectivity index (χ2n) is 5.44. The van der Waals surface area contributed by atoms with E-state index in [1.54, 1.807) is 38.4 Å². The predicted octanol–water partition coefficient (Wildman–Crippen LogP) is 1.30. The highest BCUT2D eigenvalue weighted by Gasteiger charge is 2.27. The van der Waals surface area contributed by atoms with Gasteiger partial charge in [-0.3, -0.25) is 13.9 Å². The molecule has 3 rings (SSSR count). The number of hydrogen-bond donors (Lipinski definition) is 3. The predicted molar refractivity (Wildman–Crippen MR) is 88.3 cm³/mol. The first kappa shape index (κ1) is 15.3. The van der Waals surface area contributed by atoms with E-state index in [0.29, 0.717) is 12.1 Å². The number of hydrogen-bond acceptors (Lipinski definition) is 6. The molecule has 2 aromatic rings. The Hall–Kier alpha value is -2.61. The van der Waals surface area contributed by atoms with Gasteiger partial charge in [-0.25, -0.2) is 0 Å². The van der Waals surface area contributed by atoms with Gasteiger partial charge in [-0.1, -0.05) is 12.1 Å². The van der Waals surface area contributed by atoms with Crippen LogP contribution in [0.15, 0.2) is 34.2 Å². The molecular formula is C15H16N4O3S. The summed E-state index contributed by atoms with van der Waals surface area (Å²) in [5, 5.41) is 23.8. The minimum atomic E-state index is -0.377. The van der Waals surface area contributed by atoms with Crippen molar-refractivity contribution in [1.82, 2.24) is 14.6 Å². The molecule has 1 atom stereocenters. The van der Waals surface area contributed by atoms with Crippen molar-refractivity contribution in [2.24, 2.45) is 19.2 Å². The van der Waals surface area contributed by atoms with E-state index in [1.807, 2.05) is 0 Å². The van der Waals surface area contributed by atoms with E-state index < -0.39 is 0 Å². The molecule has 0 bridgehead atoms. The van der Waals surface area contributed by atoms with Gasteiger partial charge in [-0.05, 0) is 29.9 Å². The van der Waals surface area contributed by atoms with Crippen LogP contribution in [0.25, 0.3) is 0 Å². The summed E-state index contributed by atoms with van der Waals surface area (Å²) < 4.78 is 2.92. The lowest BCUT2D eigenvalue weighted by molar-refractivity contribution is 0.414. The van der Waals surface area contributed by atoms with Crippen LogP contribution >= 0.6 is 12.2 Å². The highest BCUT2D eigenvalue weighted by Crippen LogP contribution is 2.27. The smallest absolute Gasteiger partial charge is 0.267 e. The van der Waals surface area contributed by atoms with Gasteiger partial charge < -0.3 is 15.6 Å². The van der Waals surface area contributed by atoms with E-state index in [-0.39, 0.29) is 33.6 Å². The molecular weight excluding hydrogens is 316 g/mol. The summed E-state index contributed by atoms with van der Waals surface area (Å²) in [6.07, 6.45) is 0.449. The highest BCUT2D eigenvalue weighted by atomic mass is 32.1. The number of rotatable bonds is 2. The van der Waals surface area contributed by atoms with Gasteiger partial charge in [0.1, 0.15) is 11.3 Å². The first-order valence-corrected chi connectivity index (χ1v) is 7.41. The molecule has 1 aromatic carbocycles. The molecule has 1 aromatic heterocycles. The molecule has 0 spiro atoms. The van der Waals surface area contributed by atoms with Crippen LogP contribution in [0, 0.1) is 4.77 Å². The highest BCUT2D eigenvalue weighted by molar-refractivity contribution is 7.71. The molecule has 0 amide bonds. The zero-order chi connectivity index (χ0) is 16.7. The van der Waals surface area contributed by atoms with Crippen molar-refractivity contribution < 1.29 is 10.2 Å². The number of aromatic nitrogens is 2. The molecule has 0 unspecified atom stereocenters. The molecule has 120 valence electrons. The third kappa shape index (κ3) is 2.50. The van der Waals surface area contributed by atoms with Crippen LogP contribution in [-0.2, 0) is 14.1 Å². The van der Waals surface area contributed by atoms with Gasteiger partial charge >= 0.3 is 0 Å². The largest absolute Gasteiger partial charge is 0.508 e. The third-order valence-corrected chi connectivity index (χ3v) is 4.52. The van der Waals surface area contributed by atoms with Crippen molar-refractivity contribution >= 4 is 17.9 Å². The van der Waals surface area contributed by atoms with Gasteiger partial charge in [0, 0.05) is 20.5 Å². The monoisotopic (exact) mass is 332 g/mol. The van der Waals surface area contributed by atoms with Crippen LogP contribution in [0.2, 0.25) is 0 Å². The Balaban J connectivity index is 1.98. The van der Waals surface area contributed by atoms with Crippen molar-refractivity contribution in [3.8, 4) is 11.6 Å². The minimum Gasteiger partial charge on any atom is -0.508 e. The molecule has 8 heteroatoms. The van der Waals surface area contributed by atoms with Crippen LogP contribution in [0.4, 0.5) is 0 Å². The number of nitrogens with zero attached hydrogens (tertiary/aromatic N) is 3. The Bertz CT molecular complexity index is 912. The van der Waals surface area contributed by atoms with Gasteiger partial charge in [-0.15, -0.1) is 0 Å². The maximum atomic E-state index is 12.4. The van der Waals surface area contributed by atoms with Crippen molar-refractivity contribution in [3.63, 3.8) is 0 Å². The zero-order valence-electron chi connectivity index (χ0n) is 12.6. The summed E-state index contributed by atoms with van der Waals surface area (Å²) in [7, 11) is 3.16. The third-order valence-electron chi connectivity index (χ3n) is 3.97. The molecule has 2 heterocycles. The standard InChI is InChI=1S/C15H16N4O3S/c1-18-13(21)12(14(22)19(2)15(18)23)11-7-10(16-17-11)8-3-5-9(20)6-4-8/h3-6,10,16,20-21H,7H2,1-2H3/t10-/m1/s1. The van der Waals surface area contributed by atoms with Gasteiger partial charge in [0.05, 0.1) is 11.8 Å². The summed E-state index contributed by atoms with van der Waals surface area (Å²) >= 11 is 5.10. The number of phenols is 1. The number of hydrazone groups is 1. The normalized spacial score (nSPS) is 17.0. The fourth-order valence-corrected chi connectivity index (χ4v) is 2.75. The number of benzene rings is 1. The summed E-state index contributed by atoms with van der Waals surface area (Å²) in [6.45, 7) is 0. The average molecular weight is 332 g/mol. The molecule has 0 aliphatic carbocycles. The first-order chi connectivity index (χ1) is 10.9. The van der Waals surface area contributed by atoms with E-state index >= 15 is 0 Å². The molecule has 0 saturated carbocycles. The molecule has 1 aliphatic rings. The van der Waals surface area contributed by atoms with E-state index in [9.17, 15) is 15.0 Å². The lowest BCUT2D eigenvalue weighted by atomic mass is 10.00. The Kier molecular flexibility index (Phi) is 3.69. The Morgan fingerprint density at radius 1 is 1.22 bits per heavy atom. The zero-order valence-corrected chi connectivity index (χ0v) is 13.5. The second kappa shape index (κ2) is 5.54. The van der Waals surface area contributed by atoms with E-state index in [4.69, 9.17) is 12.2 Å².